The van der Waals surface area contributed by atoms with E-state index in [1.54, 1.807) is 0 Å². The van der Waals surface area contributed by atoms with E-state index in [-0.39, 0.29) is 19.8 Å². The van der Waals surface area contributed by atoms with Crippen molar-refractivity contribution < 1.29 is 43.0 Å². The minimum atomic E-state index is -1.32. The third-order valence-corrected chi connectivity index (χ3v) is 9.84. The van der Waals surface area contributed by atoms with E-state index >= 15 is 0 Å². The Morgan fingerprint density at radius 2 is 0.818 bits per heavy atom. The maximum absolute atomic E-state index is 11.5. The van der Waals surface area contributed by atoms with E-state index in [9.17, 15) is 5.11 Å². The molecule has 0 bridgehead atoms. The van der Waals surface area contributed by atoms with E-state index in [4.69, 9.17) is 37.9 Å². The number of ether oxygens (including phenoxy) is 8. The van der Waals surface area contributed by atoms with Gasteiger partial charge in [0.25, 0.3) is 0 Å². The molecule has 0 aliphatic carbocycles. The molecule has 1 N–H and O–H groups in total. The van der Waals surface area contributed by atoms with Crippen LogP contribution in [0.2, 0.25) is 0 Å². The van der Waals surface area contributed by atoms with Gasteiger partial charge < -0.3 is 43.0 Å². The molecule has 55 heavy (non-hydrogen) atoms. The number of benzene rings is 5. The summed E-state index contributed by atoms with van der Waals surface area (Å²) in [5, 5.41) is 11.5. The predicted octanol–water partition coefficient (Wildman–Crippen LogP) is 7.39. The molecule has 0 radical (unpaired) electrons. The molecule has 288 valence electrons. The third-order valence-electron chi connectivity index (χ3n) is 9.84. The fourth-order valence-electron chi connectivity index (χ4n) is 6.96. The van der Waals surface area contributed by atoms with Crippen LogP contribution in [-0.2, 0) is 70.9 Å². The molecule has 2 saturated heterocycles. The topological polar surface area (TPSA) is 94.1 Å². The van der Waals surface area contributed by atoms with Gasteiger partial charge in [0.2, 0.25) is 0 Å². The lowest BCUT2D eigenvalue weighted by atomic mass is 9.98. The summed E-state index contributed by atoms with van der Waals surface area (Å²) in [5.41, 5.74) is 5.03. The average Bonchev–Trinajstić information content (AvgIpc) is 3.52. The zero-order chi connectivity index (χ0) is 37.7. The summed E-state index contributed by atoms with van der Waals surface area (Å²) >= 11 is 0. The van der Waals surface area contributed by atoms with Crippen LogP contribution in [0.1, 0.15) is 34.7 Å². The number of aliphatic hydroxyl groups excluding tert-OH is 1. The van der Waals surface area contributed by atoms with Crippen LogP contribution < -0.4 is 0 Å². The van der Waals surface area contributed by atoms with E-state index in [0.717, 1.165) is 27.8 Å². The highest BCUT2D eigenvalue weighted by Gasteiger charge is 2.52. The Labute approximate surface area is 323 Å². The fraction of sp³-hybridized carbons (Fsp3) is 0.348. The van der Waals surface area contributed by atoms with E-state index < -0.39 is 55.3 Å². The first-order valence-electron chi connectivity index (χ1n) is 19.0. The fourth-order valence-corrected chi connectivity index (χ4v) is 6.96. The van der Waals surface area contributed by atoms with Gasteiger partial charge in [0.1, 0.15) is 36.6 Å². The predicted molar refractivity (Wildman–Crippen MR) is 206 cm³/mol. The molecular formula is C46H50O9. The lowest BCUT2D eigenvalue weighted by Crippen LogP contribution is -2.61. The molecule has 5 aromatic rings. The molecule has 9 nitrogen and oxygen atoms in total. The molecular weight excluding hydrogens is 696 g/mol. The number of hydrogen-bond acceptors (Lipinski definition) is 9. The highest BCUT2D eigenvalue weighted by atomic mass is 16.8. The van der Waals surface area contributed by atoms with Gasteiger partial charge in [-0.05, 0) is 34.7 Å². The smallest absolute Gasteiger partial charge is 0.187 e. The third kappa shape index (κ3) is 11.0. The quantitative estimate of drug-likeness (QED) is 0.0986. The van der Waals surface area contributed by atoms with Crippen molar-refractivity contribution in [2.45, 2.75) is 95.3 Å². The van der Waals surface area contributed by atoms with Crippen molar-refractivity contribution in [3.63, 3.8) is 0 Å². The second-order valence-corrected chi connectivity index (χ2v) is 13.9. The standard InChI is InChI=1S/C46H50O9/c1-33-40(49-28-35-19-9-3-10-20-35)42(51-30-37-23-13-5-14-24-37)44(52-31-38-25-15-6-16-26-38)46(53-33)55-43-41(50-29-36-21-11-4-12-22-36)39(54-45(43)47)32-48-27-34-17-7-2-8-18-34/h2-26,33,39-47H,27-32H2,1H3/t33-,39+,40-,41+,42+,43+,44+,45+,46+/m0/s1. The lowest BCUT2D eigenvalue weighted by Gasteiger charge is -2.46. The van der Waals surface area contributed by atoms with E-state index in [0.29, 0.717) is 19.8 Å². The molecule has 0 spiro atoms. The van der Waals surface area contributed by atoms with E-state index in [1.807, 2.05) is 159 Å². The number of aliphatic hydroxyl groups is 1. The van der Waals surface area contributed by atoms with Gasteiger partial charge in [0.15, 0.2) is 12.6 Å². The normalized spacial score (nSPS) is 26.5. The lowest BCUT2D eigenvalue weighted by molar-refractivity contribution is -0.340. The zero-order valence-corrected chi connectivity index (χ0v) is 31.1. The van der Waals surface area contributed by atoms with Gasteiger partial charge in [-0.15, -0.1) is 0 Å². The molecule has 2 aliphatic rings. The summed E-state index contributed by atoms with van der Waals surface area (Å²) in [6.07, 6.45) is -6.93. The van der Waals surface area contributed by atoms with Crippen LogP contribution in [0.25, 0.3) is 0 Å². The van der Waals surface area contributed by atoms with Crippen LogP contribution in [0.3, 0.4) is 0 Å². The summed E-state index contributed by atoms with van der Waals surface area (Å²) in [5.74, 6) is 0. The Kier molecular flexibility index (Phi) is 14.2. The molecule has 5 aromatic carbocycles. The number of rotatable bonds is 18. The van der Waals surface area contributed by atoms with Crippen LogP contribution in [-0.4, -0.2) is 67.0 Å². The second kappa shape index (κ2) is 20.1. The molecule has 0 saturated carbocycles. The van der Waals surface area contributed by atoms with Crippen molar-refractivity contribution in [3.8, 4) is 0 Å². The Morgan fingerprint density at radius 1 is 0.436 bits per heavy atom. The Balaban J connectivity index is 1.15. The van der Waals surface area contributed by atoms with Crippen molar-refractivity contribution in [1.82, 2.24) is 0 Å². The average molecular weight is 747 g/mol. The van der Waals surface area contributed by atoms with Crippen LogP contribution in [0.15, 0.2) is 152 Å². The molecule has 9 heteroatoms. The Hall–Kier alpha value is -4.26. The summed E-state index contributed by atoms with van der Waals surface area (Å²) in [6.45, 7) is 3.74. The monoisotopic (exact) mass is 746 g/mol. The molecule has 2 heterocycles. The van der Waals surface area contributed by atoms with Crippen molar-refractivity contribution >= 4 is 0 Å². The first kappa shape index (κ1) is 39.0. The highest BCUT2D eigenvalue weighted by Crippen LogP contribution is 2.35. The maximum atomic E-state index is 11.5. The van der Waals surface area contributed by atoms with Gasteiger partial charge in [-0.3, -0.25) is 0 Å². The van der Waals surface area contributed by atoms with Gasteiger partial charge in [-0.2, -0.15) is 0 Å². The van der Waals surface area contributed by atoms with Crippen molar-refractivity contribution in [2.24, 2.45) is 0 Å². The summed E-state index contributed by atoms with van der Waals surface area (Å²) in [7, 11) is 0. The summed E-state index contributed by atoms with van der Waals surface area (Å²) in [6, 6.07) is 49.7. The molecule has 9 atom stereocenters. The van der Waals surface area contributed by atoms with Crippen LogP contribution in [0.4, 0.5) is 0 Å². The Bertz CT molecular complexity index is 1800. The molecule has 0 unspecified atom stereocenters. The molecule has 7 rings (SSSR count). The van der Waals surface area contributed by atoms with Crippen LogP contribution in [0, 0.1) is 0 Å². The van der Waals surface area contributed by atoms with Crippen molar-refractivity contribution in [2.75, 3.05) is 6.61 Å². The van der Waals surface area contributed by atoms with E-state index in [1.165, 1.54) is 0 Å². The summed E-state index contributed by atoms with van der Waals surface area (Å²) in [4.78, 5) is 0. The molecule has 2 aliphatic heterocycles. The first-order chi connectivity index (χ1) is 27.1. The molecule has 0 amide bonds. The highest BCUT2D eigenvalue weighted by molar-refractivity contribution is 5.17. The largest absolute Gasteiger partial charge is 0.374 e. The van der Waals surface area contributed by atoms with Crippen LogP contribution in [0.5, 0.6) is 0 Å². The summed E-state index contributed by atoms with van der Waals surface area (Å²) < 4.78 is 52.3. The van der Waals surface area contributed by atoms with Crippen molar-refractivity contribution in [3.05, 3.63) is 179 Å². The van der Waals surface area contributed by atoms with Gasteiger partial charge in [0.05, 0.1) is 45.7 Å². The minimum absolute atomic E-state index is 0.180. The maximum Gasteiger partial charge on any atom is 0.187 e. The number of hydrogen-bond donors (Lipinski definition) is 1. The van der Waals surface area contributed by atoms with Crippen LogP contribution >= 0.6 is 0 Å². The SMILES string of the molecule is C[C@@H]1O[C@H](O[C@@H]2[C@H](OCc3ccccc3)[C@@H](COCc3ccccc3)O[C@H]2O)[C@H](OCc2ccccc2)[C@H](OCc2ccccc2)[C@H]1OCc1ccccc1. The van der Waals surface area contributed by atoms with Gasteiger partial charge in [0, 0.05) is 0 Å². The zero-order valence-electron chi connectivity index (χ0n) is 31.1. The minimum Gasteiger partial charge on any atom is -0.374 e. The van der Waals surface area contributed by atoms with Gasteiger partial charge in [-0.25, -0.2) is 0 Å². The van der Waals surface area contributed by atoms with E-state index in [2.05, 4.69) is 0 Å². The molecule has 2 fully saturated rings. The van der Waals surface area contributed by atoms with Gasteiger partial charge >= 0.3 is 0 Å². The molecule has 0 aromatic heterocycles. The van der Waals surface area contributed by atoms with Crippen molar-refractivity contribution in [1.29, 1.82) is 0 Å². The van der Waals surface area contributed by atoms with Gasteiger partial charge in [-0.1, -0.05) is 152 Å². The second-order valence-electron chi connectivity index (χ2n) is 13.9. The Morgan fingerprint density at radius 3 is 1.27 bits per heavy atom. The first-order valence-corrected chi connectivity index (χ1v) is 19.0.